The number of hydrogen-bond acceptors (Lipinski definition) is 4. The van der Waals surface area contributed by atoms with E-state index in [0.717, 1.165) is 61.6 Å². The minimum Gasteiger partial charge on any atom is -0.380 e. The van der Waals surface area contributed by atoms with Crippen LogP contribution in [-0.4, -0.2) is 61.1 Å². The molecule has 4 nitrogen and oxygen atoms in total. The van der Waals surface area contributed by atoms with Gasteiger partial charge in [0.25, 0.3) is 5.91 Å². The molecule has 3 heterocycles. The van der Waals surface area contributed by atoms with Gasteiger partial charge in [0.15, 0.2) is 0 Å². The molecule has 0 saturated carbocycles. The van der Waals surface area contributed by atoms with Gasteiger partial charge >= 0.3 is 0 Å². The number of rotatable bonds is 2. The first-order valence-corrected chi connectivity index (χ1v) is 8.76. The quantitative estimate of drug-likeness (QED) is 0.813. The molecule has 20 heavy (non-hydrogen) atoms. The van der Waals surface area contributed by atoms with Crippen LogP contribution < -0.4 is 0 Å². The van der Waals surface area contributed by atoms with E-state index in [1.165, 1.54) is 11.3 Å². The van der Waals surface area contributed by atoms with Crippen LogP contribution in [0.3, 0.4) is 0 Å². The molecular weight excluding hydrogens is 340 g/mol. The van der Waals surface area contributed by atoms with Crippen LogP contribution in [0.15, 0.2) is 15.9 Å². The van der Waals surface area contributed by atoms with Gasteiger partial charge in [-0.3, -0.25) is 9.69 Å². The average molecular weight is 359 g/mol. The van der Waals surface area contributed by atoms with Crippen molar-refractivity contribution in [2.24, 2.45) is 0 Å². The number of amides is 1. The number of carbonyl (C=O) groups excluding carboxylic acids is 1. The number of carbonyl (C=O) groups is 1. The van der Waals surface area contributed by atoms with Gasteiger partial charge in [0.1, 0.15) is 0 Å². The largest absolute Gasteiger partial charge is 0.380 e. The summed E-state index contributed by atoms with van der Waals surface area (Å²) < 4.78 is 6.46. The Bertz CT molecular complexity index is 473. The van der Waals surface area contributed by atoms with E-state index in [1.54, 1.807) is 0 Å². The first-order valence-electron chi connectivity index (χ1n) is 7.09. The molecule has 2 saturated heterocycles. The minimum absolute atomic E-state index is 0.172. The first kappa shape index (κ1) is 14.5. The van der Waals surface area contributed by atoms with Crippen molar-refractivity contribution in [2.75, 3.05) is 39.4 Å². The molecule has 1 unspecified atom stereocenters. The van der Waals surface area contributed by atoms with E-state index < -0.39 is 0 Å². The summed E-state index contributed by atoms with van der Waals surface area (Å²) in [6.45, 7) is 5.46. The van der Waals surface area contributed by atoms with Gasteiger partial charge in [0.05, 0.1) is 11.5 Å². The first-order chi connectivity index (χ1) is 9.74. The average Bonchev–Trinajstić information content (AvgIpc) is 3.05. The van der Waals surface area contributed by atoms with Crippen LogP contribution in [0.25, 0.3) is 0 Å². The molecule has 1 aromatic rings. The molecule has 0 N–H and O–H groups in total. The Kier molecular flexibility index (Phi) is 4.75. The van der Waals surface area contributed by atoms with Gasteiger partial charge in [0.2, 0.25) is 0 Å². The Labute approximate surface area is 131 Å². The highest BCUT2D eigenvalue weighted by molar-refractivity contribution is 9.10. The highest BCUT2D eigenvalue weighted by atomic mass is 79.9. The predicted molar refractivity (Wildman–Crippen MR) is 83.3 cm³/mol. The van der Waals surface area contributed by atoms with Gasteiger partial charge in [-0.1, -0.05) is 0 Å². The zero-order chi connectivity index (χ0) is 13.9. The summed E-state index contributed by atoms with van der Waals surface area (Å²) in [5.74, 6) is 0.172. The van der Waals surface area contributed by atoms with Gasteiger partial charge < -0.3 is 9.64 Å². The van der Waals surface area contributed by atoms with E-state index in [1.807, 2.05) is 16.3 Å². The van der Waals surface area contributed by atoms with Crippen molar-refractivity contribution < 1.29 is 9.53 Å². The van der Waals surface area contributed by atoms with Crippen molar-refractivity contribution in [1.82, 2.24) is 9.80 Å². The zero-order valence-electron chi connectivity index (χ0n) is 11.4. The maximum Gasteiger partial charge on any atom is 0.264 e. The minimum atomic E-state index is 0.172. The van der Waals surface area contributed by atoms with Gasteiger partial charge in [-0.25, -0.2) is 0 Å². The fourth-order valence-electron chi connectivity index (χ4n) is 2.90. The molecule has 1 atom stereocenters. The summed E-state index contributed by atoms with van der Waals surface area (Å²) in [7, 11) is 0. The number of halogens is 1. The van der Waals surface area contributed by atoms with Crippen molar-refractivity contribution in [3.05, 3.63) is 20.8 Å². The van der Waals surface area contributed by atoms with Crippen LogP contribution in [0.5, 0.6) is 0 Å². The maximum absolute atomic E-state index is 12.5. The number of thiophene rings is 1. The Morgan fingerprint density at radius 1 is 1.35 bits per heavy atom. The monoisotopic (exact) mass is 358 g/mol. The number of nitrogens with zero attached hydrogens (tertiary/aromatic N) is 2. The maximum atomic E-state index is 12.5. The van der Waals surface area contributed by atoms with E-state index in [9.17, 15) is 4.79 Å². The van der Waals surface area contributed by atoms with E-state index in [0.29, 0.717) is 6.04 Å². The molecule has 110 valence electrons. The van der Waals surface area contributed by atoms with Gasteiger partial charge in [-0.2, -0.15) is 0 Å². The zero-order valence-corrected chi connectivity index (χ0v) is 13.8. The molecule has 0 spiro atoms. The summed E-state index contributed by atoms with van der Waals surface area (Å²) >= 11 is 4.92. The third kappa shape index (κ3) is 3.24. The Balaban J connectivity index is 1.60. The fraction of sp³-hybridized carbons (Fsp3) is 0.643. The summed E-state index contributed by atoms with van der Waals surface area (Å²) in [5.41, 5.74) is 0. The van der Waals surface area contributed by atoms with Crippen LogP contribution in [0.1, 0.15) is 22.5 Å². The summed E-state index contributed by atoms with van der Waals surface area (Å²) in [6, 6.07) is 2.47. The molecule has 2 aliphatic rings. The molecule has 3 rings (SSSR count). The molecule has 1 aromatic heterocycles. The second-order valence-corrected chi connectivity index (χ2v) is 7.16. The molecule has 2 fully saturated rings. The number of ether oxygens (including phenoxy) is 1. The lowest BCUT2D eigenvalue weighted by Gasteiger charge is -2.26. The van der Waals surface area contributed by atoms with Crippen molar-refractivity contribution >= 4 is 33.2 Å². The Morgan fingerprint density at radius 2 is 2.25 bits per heavy atom. The molecule has 0 bridgehead atoms. The van der Waals surface area contributed by atoms with E-state index in [-0.39, 0.29) is 5.91 Å². The van der Waals surface area contributed by atoms with Gasteiger partial charge in [-0.15, -0.1) is 11.3 Å². The van der Waals surface area contributed by atoms with Crippen LogP contribution in [0.4, 0.5) is 0 Å². The van der Waals surface area contributed by atoms with Crippen LogP contribution >= 0.6 is 27.3 Å². The van der Waals surface area contributed by atoms with Crippen LogP contribution in [0, 0.1) is 0 Å². The topological polar surface area (TPSA) is 32.8 Å². The van der Waals surface area contributed by atoms with Crippen LogP contribution in [-0.2, 0) is 4.74 Å². The molecule has 0 radical (unpaired) electrons. The summed E-state index contributed by atoms with van der Waals surface area (Å²) in [5, 5.41) is 1.97. The van der Waals surface area contributed by atoms with Gasteiger partial charge in [-0.05, 0) is 34.8 Å². The highest BCUT2D eigenvalue weighted by Gasteiger charge is 2.27. The second kappa shape index (κ2) is 6.56. The van der Waals surface area contributed by atoms with Crippen molar-refractivity contribution in [2.45, 2.75) is 18.9 Å². The van der Waals surface area contributed by atoms with Crippen molar-refractivity contribution in [1.29, 1.82) is 0 Å². The van der Waals surface area contributed by atoms with Crippen molar-refractivity contribution in [3.8, 4) is 0 Å². The molecule has 6 heteroatoms. The smallest absolute Gasteiger partial charge is 0.264 e. The second-order valence-electron chi connectivity index (χ2n) is 5.33. The van der Waals surface area contributed by atoms with E-state index in [4.69, 9.17) is 4.74 Å². The Morgan fingerprint density at radius 3 is 2.95 bits per heavy atom. The van der Waals surface area contributed by atoms with E-state index >= 15 is 0 Å². The van der Waals surface area contributed by atoms with Crippen molar-refractivity contribution in [3.63, 3.8) is 0 Å². The molecule has 1 amide bonds. The fourth-order valence-corrected chi connectivity index (χ4v) is 4.29. The normalized spacial score (nSPS) is 24.9. The van der Waals surface area contributed by atoms with Crippen LogP contribution in [0.2, 0.25) is 0 Å². The molecule has 2 aliphatic heterocycles. The lowest BCUT2D eigenvalue weighted by Crippen LogP contribution is -2.39. The third-order valence-corrected chi connectivity index (χ3v) is 5.70. The summed E-state index contributed by atoms with van der Waals surface area (Å²) in [4.78, 5) is 17.8. The lowest BCUT2D eigenvalue weighted by atomic mass is 10.2. The van der Waals surface area contributed by atoms with Gasteiger partial charge in [0, 0.05) is 48.7 Å². The lowest BCUT2D eigenvalue weighted by molar-refractivity contribution is 0.0761. The molecular formula is C14H19BrN2O2S. The standard InChI is InChI=1S/C14H19BrN2O2S/c15-11-8-13(20-10-11)14(18)17-4-1-3-16(5-6-17)12-2-7-19-9-12/h8,10,12H,1-7,9H2. The predicted octanol–water partition coefficient (Wildman–Crippen LogP) is 2.45. The third-order valence-electron chi connectivity index (χ3n) is 4.02. The Hall–Kier alpha value is -0.430. The van der Waals surface area contributed by atoms with E-state index in [2.05, 4.69) is 20.8 Å². The SMILES string of the molecule is O=C(c1cc(Br)cs1)N1CCCN(C2CCOC2)CC1. The summed E-state index contributed by atoms with van der Waals surface area (Å²) in [6.07, 6.45) is 2.18. The molecule has 0 aromatic carbocycles. The molecule has 0 aliphatic carbocycles. The highest BCUT2D eigenvalue weighted by Crippen LogP contribution is 2.22. The number of hydrogen-bond donors (Lipinski definition) is 0.